The number of nitrogen functional groups attached to an aromatic ring is 1. The quantitative estimate of drug-likeness (QED) is 0.685. The number of hydrogen-bond donors (Lipinski definition) is 2. The summed E-state index contributed by atoms with van der Waals surface area (Å²) in [5.74, 6) is 0.173. The molecule has 19 heavy (non-hydrogen) atoms. The van der Waals surface area contributed by atoms with Gasteiger partial charge < -0.3 is 5.73 Å². The zero-order chi connectivity index (χ0) is 13.4. The van der Waals surface area contributed by atoms with Gasteiger partial charge in [0.15, 0.2) is 5.82 Å². The Bertz CT molecular complexity index is 812. The second-order valence-electron chi connectivity index (χ2n) is 4.12. The van der Waals surface area contributed by atoms with Crippen LogP contribution in [0.3, 0.4) is 0 Å². The average molecular weight is 250 g/mol. The van der Waals surface area contributed by atoms with Crippen LogP contribution in [0.1, 0.15) is 11.3 Å². The van der Waals surface area contributed by atoms with Gasteiger partial charge >= 0.3 is 0 Å². The zero-order valence-corrected chi connectivity index (χ0v) is 10.2. The summed E-state index contributed by atoms with van der Waals surface area (Å²) in [6.07, 6.45) is 0. The smallest absolute Gasteiger partial charge is 0.163 e. The van der Waals surface area contributed by atoms with E-state index in [1.54, 1.807) is 0 Å². The van der Waals surface area contributed by atoms with Gasteiger partial charge in [-0.1, -0.05) is 12.1 Å². The summed E-state index contributed by atoms with van der Waals surface area (Å²) in [6, 6.07) is 9.60. The number of aromatic amines is 1. The fraction of sp³-hybridized carbons (Fsp3) is 0.0769. The number of nitrogens with zero attached hydrogens (tertiary/aromatic N) is 4. The Morgan fingerprint density at radius 1 is 1.21 bits per heavy atom. The summed E-state index contributed by atoms with van der Waals surface area (Å²) < 4.78 is 0. The van der Waals surface area contributed by atoms with Crippen molar-refractivity contribution in [3.8, 4) is 17.5 Å². The third-order valence-corrected chi connectivity index (χ3v) is 2.89. The van der Waals surface area contributed by atoms with Gasteiger partial charge in [0.25, 0.3) is 0 Å². The van der Waals surface area contributed by atoms with E-state index in [-0.39, 0.29) is 5.82 Å². The topological polar surface area (TPSA) is 104 Å². The molecule has 0 unspecified atom stereocenters. The number of H-pyrrole nitrogens is 1. The van der Waals surface area contributed by atoms with E-state index in [0.29, 0.717) is 17.0 Å². The summed E-state index contributed by atoms with van der Waals surface area (Å²) in [4.78, 5) is 9.00. The lowest BCUT2D eigenvalue weighted by Gasteiger charge is -2.04. The van der Waals surface area contributed by atoms with Crippen LogP contribution in [0, 0.1) is 18.3 Å². The molecule has 0 amide bonds. The fourth-order valence-corrected chi connectivity index (χ4v) is 1.97. The van der Waals surface area contributed by atoms with Gasteiger partial charge in [0.05, 0.1) is 16.7 Å². The van der Waals surface area contributed by atoms with E-state index in [4.69, 9.17) is 11.0 Å². The fourth-order valence-electron chi connectivity index (χ4n) is 1.97. The summed E-state index contributed by atoms with van der Waals surface area (Å²) in [5, 5.41) is 15.7. The van der Waals surface area contributed by atoms with E-state index in [9.17, 15) is 0 Å². The van der Waals surface area contributed by atoms with Crippen LogP contribution in [0.2, 0.25) is 0 Å². The number of nitrogens with one attached hydrogen (secondary N) is 1. The SMILES string of the molecule is Cc1nc2ccccc2nc1-c1[nH]nc(N)c1C#N. The summed E-state index contributed by atoms with van der Waals surface area (Å²) >= 11 is 0. The second-order valence-corrected chi connectivity index (χ2v) is 4.12. The lowest BCUT2D eigenvalue weighted by atomic mass is 10.1. The molecule has 0 aliphatic heterocycles. The van der Waals surface area contributed by atoms with Crippen LogP contribution in [0.4, 0.5) is 5.82 Å². The number of anilines is 1. The molecule has 0 aliphatic rings. The minimum atomic E-state index is 0.173. The Morgan fingerprint density at radius 2 is 1.89 bits per heavy atom. The number of hydrogen-bond acceptors (Lipinski definition) is 5. The van der Waals surface area contributed by atoms with Crippen LogP contribution in [0.15, 0.2) is 24.3 Å². The van der Waals surface area contributed by atoms with E-state index >= 15 is 0 Å². The summed E-state index contributed by atoms with van der Waals surface area (Å²) in [7, 11) is 0. The maximum atomic E-state index is 9.12. The predicted molar refractivity (Wildman–Crippen MR) is 71.0 cm³/mol. The number of nitriles is 1. The van der Waals surface area contributed by atoms with Crippen molar-refractivity contribution in [1.82, 2.24) is 20.2 Å². The highest BCUT2D eigenvalue weighted by Crippen LogP contribution is 2.26. The first-order chi connectivity index (χ1) is 9.20. The van der Waals surface area contributed by atoms with Crippen molar-refractivity contribution in [2.24, 2.45) is 0 Å². The van der Waals surface area contributed by atoms with E-state index in [1.165, 1.54) is 0 Å². The Labute approximate surface area is 108 Å². The number of nitrogens with two attached hydrogens (primary N) is 1. The van der Waals surface area contributed by atoms with Crippen LogP contribution < -0.4 is 5.73 Å². The van der Waals surface area contributed by atoms with Gasteiger partial charge in [-0.25, -0.2) is 9.97 Å². The molecule has 0 saturated heterocycles. The molecule has 0 saturated carbocycles. The molecule has 92 valence electrons. The molecule has 3 rings (SSSR count). The van der Waals surface area contributed by atoms with Crippen LogP contribution in [-0.2, 0) is 0 Å². The number of para-hydroxylation sites is 2. The van der Waals surface area contributed by atoms with E-state index in [0.717, 1.165) is 16.7 Å². The van der Waals surface area contributed by atoms with Gasteiger partial charge in [0.1, 0.15) is 23.0 Å². The molecule has 3 N–H and O–H groups in total. The number of aromatic nitrogens is 4. The molecule has 0 spiro atoms. The Hall–Kier alpha value is -2.94. The molecular formula is C13H10N6. The van der Waals surface area contributed by atoms with Gasteiger partial charge in [-0.15, -0.1) is 0 Å². The standard InChI is InChI=1S/C13H10N6/c1-7-11(12-8(6-14)13(15)19-18-12)17-10-5-3-2-4-9(10)16-7/h2-5H,1H3,(H3,15,18,19). The monoisotopic (exact) mass is 250 g/mol. The van der Waals surface area contributed by atoms with Crippen LogP contribution in [0.25, 0.3) is 22.4 Å². The van der Waals surface area contributed by atoms with Crippen molar-refractivity contribution in [2.45, 2.75) is 6.92 Å². The van der Waals surface area contributed by atoms with Crippen molar-refractivity contribution in [3.05, 3.63) is 35.5 Å². The highest BCUT2D eigenvalue weighted by molar-refractivity contribution is 5.79. The van der Waals surface area contributed by atoms with Gasteiger partial charge in [0.2, 0.25) is 0 Å². The lowest BCUT2D eigenvalue weighted by molar-refractivity contribution is 1.08. The first-order valence-corrected chi connectivity index (χ1v) is 5.68. The van der Waals surface area contributed by atoms with Crippen LogP contribution in [-0.4, -0.2) is 20.2 Å². The maximum Gasteiger partial charge on any atom is 0.163 e. The number of aryl methyl sites for hydroxylation is 1. The van der Waals surface area contributed by atoms with Crippen molar-refractivity contribution < 1.29 is 0 Å². The number of benzene rings is 1. The Morgan fingerprint density at radius 3 is 2.58 bits per heavy atom. The molecule has 2 heterocycles. The van der Waals surface area contributed by atoms with Crippen molar-refractivity contribution in [1.29, 1.82) is 5.26 Å². The molecule has 6 nitrogen and oxygen atoms in total. The van der Waals surface area contributed by atoms with E-state index < -0.39 is 0 Å². The van der Waals surface area contributed by atoms with Gasteiger partial charge in [-0.2, -0.15) is 10.4 Å². The summed E-state index contributed by atoms with van der Waals surface area (Å²) in [6.45, 7) is 1.84. The van der Waals surface area contributed by atoms with E-state index in [1.807, 2.05) is 37.3 Å². The molecule has 6 heteroatoms. The van der Waals surface area contributed by atoms with Crippen molar-refractivity contribution in [2.75, 3.05) is 5.73 Å². The molecule has 3 aromatic rings. The molecule has 0 aliphatic carbocycles. The third-order valence-electron chi connectivity index (χ3n) is 2.89. The normalized spacial score (nSPS) is 10.5. The Balaban J connectivity index is 2.31. The van der Waals surface area contributed by atoms with Crippen molar-refractivity contribution >= 4 is 16.9 Å². The third kappa shape index (κ3) is 1.68. The highest BCUT2D eigenvalue weighted by Gasteiger charge is 2.16. The van der Waals surface area contributed by atoms with Gasteiger partial charge in [-0.05, 0) is 19.1 Å². The van der Waals surface area contributed by atoms with Gasteiger partial charge in [0, 0.05) is 0 Å². The first-order valence-electron chi connectivity index (χ1n) is 5.68. The maximum absolute atomic E-state index is 9.12. The lowest BCUT2D eigenvalue weighted by Crippen LogP contribution is -1.96. The van der Waals surface area contributed by atoms with Crippen LogP contribution in [0.5, 0.6) is 0 Å². The number of fused-ring (bicyclic) bond motifs is 1. The largest absolute Gasteiger partial charge is 0.381 e. The molecule has 0 atom stereocenters. The van der Waals surface area contributed by atoms with Gasteiger partial charge in [-0.3, -0.25) is 5.10 Å². The average Bonchev–Trinajstić information content (AvgIpc) is 2.78. The molecule has 0 fully saturated rings. The molecule has 1 aromatic carbocycles. The molecule has 0 radical (unpaired) electrons. The molecular weight excluding hydrogens is 240 g/mol. The summed E-state index contributed by atoms with van der Waals surface area (Å²) in [5.41, 5.74) is 9.34. The first kappa shape index (κ1) is 11.2. The molecule has 2 aromatic heterocycles. The minimum absolute atomic E-state index is 0.173. The highest BCUT2D eigenvalue weighted by atomic mass is 15.2. The predicted octanol–water partition coefficient (Wildman–Crippen LogP) is 1.78. The zero-order valence-electron chi connectivity index (χ0n) is 10.2. The van der Waals surface area contributed by atoms with Crippen molar-refractivity contribution in [3.63, 3.8) is 0 Å². The Kier molecular flexibility index (Phi) is 2.39. The van der Waals surface area contributed by atoms with Crippen LogP contribution >= 0.6 is 0 Å². The number of rotatable bonds is 1. The van der Waals surface area contributed by atoms with E-state index in [2.05, 4.69) is 20.2 Å². The minimum Gasteiger partial charge on any atom is -0.381 e. The molecule has 0 bridgehead atoms. The second kappa shape index (κ2) is 4.07.